The minimum atomic E-state index is -0.263. The molecule has 1 rings (SSSR count). The van der Waals surface area contributed by atoms with Gasteiger partial charge in [-0.15, -0.1) is 0 Å². The van der Waals surface area contributed by atoms with Gasteiger partial charge < -0.3 is 14.6 Å². The first kappa shape index (κ1) is 20.2. The Balaban J connectivity index is 2.04. The van der Waals surface area contributed by atoms with Crippen LogP contribution < -0.4 is 0 Å². The number of esters is 2. The van der Waals surface area contributed by atoms with Crippen molar-refractivity contribution in [1.82, 2.24) is 0 Å². The van der Waals surface area contributed by atoms with Gasteiger partial charge in [-0.2, -0.15) is 0 Å². The molecule has 0 amide bonds. The van der Waals surface area contributed by atoms with Crippen LogP contribution >= 0.6 is 0 Å². The molecular formula is C19H28O5. The second-order valence-corrected chi connectivity index (χ2v) is 6.65. The molecule has 24 heavy (non-hydrogen) atoms. The van der Waals surface area contributed by atoms with E-state index in [1.54, 1.807) is 0 Å². The van der Waals surface area contributed by atoms with Crippen LogP contribution in [0.1, 0.15) is 51.5 Å². The molecule has 0 aliphatic rings. The summed E-state index contributed by atoms with van der Waals surface area (Å²) in [5.74, 6) is -0.515. The Morgan fingerprint density at radius 1 is 1.00 bits per heavy atom. The normalized spacial score (nSPS) is 11.1. The standard InChI is InChI=1S/C19H28O5/c1-19(2,15-20)12-13-23-17(21)10-6-7-11-18(22)24-14-16-8-4-3-5-9-16/h3-5,8-9,20H,6-7,10-15H2,1-2H3. The second kappa shape index (κ2) is 10.8. The van der Waals surface area contributed by atoms with Gasteiger partial charge in [-0.05, 0) is 30.2 Å². The zero-order chi connectivity index (χ0) is 17.8. The molecule has 5 nitrogen and oxygen atoms in total. The molecule has 1 aromatic carbocycles. The van der Waals surface area contributed by atoms with Crippen LogP contribution in [-0.4, -0.2) is 30.3 Å². The molecule has 0 spiro atoms. The fraction of sp³-hybridized carbons (Fsp3) is 0.579. The van der Waals surface area contributed by atoms with Gasteiger partial charge in [-0.25, -0.2) is 0 Å². The van der Waals surface area contributed by atoms with Gasteiger partial charge in [0, 0.05) is 19.4 Å². The average molecular weight is 336 g/mol. The number of carbonyl (C=O) groups is 2. The summed E-state index contributed by atoms with van der Waals surface area (Å²) in [5.41, 5.74) is 0.725. The summed E-state index contributed by atoms with van der Waals surface area (Å²) in [6.07, 6.45) is 2.43. The highest BCUT2D eigenvalue weighted by Gasteiger charge is 2.17. The lowest BCUT2D eigenvalue weighted by molar-refractivity contribution is -0.147. The van der Waals surface area contributed by atoms with Crippen molar-refractivity contribution >= 4 is 11.9 Å². The first-order valence-electron chi connectivity index (χ1n) is 8.39. The number of hydrogen-bond donors (Lipinski definition) is 1. The van der Waals surface area contributed by atoms with Gasteiger partial charge in [-0.1, -0.05) is 44.2 Å². The van der Waals surface area contributed by atoms with Gasteiger partial charge in [-0.3, -0.25) is 9.59 Å². The summed E-state index contributed by atoms with van der Waals surface area (Å²) in [7, 11) is 0. The van der Waals surface area contributed by atoms with Crippen molar-refractivity contribution in [2.24, 2.45) is 5.41 Å². The lowest BCUT2D eigenvalue weighted by atomic mass is 9.91. The van der Waals surface area contributed by atoms with Gasteiger partial charge in [0.25, 0.3) is 0 Å². The summed E-state index contributed by atoms with van der Waals surface area (Å²) in [4.78, 5) is 23.2. The lowest BCUT2D eigenvalue weighted by Gasteiger charge is -2.20. The number of aliphatic hydroxyl groups is 1. The Morgan fingerprint density at radius 3 is 2.17 bits per heavy atom. The van der Waals surface area contributed by atoms with Gasteiger partial charge in [0.2, 0.25) is 0 Å². The zero-order valence-corrected chi connectivity index (χ0v) is 14.6. The molecule has 0 bridgehead atoms. The van der Waals surface area contributed by atoms with E-state index in [9.17, 15) is 9.59 Å². The third kappa shape index (κ3) is 9.30. The Bertz CT molecular complexity index is 496. The van der Waals surface area contributed by atoms with Gasteiger partial charge in [0.15, 0.2) is 0 Å². The summed E-state index contributed by atoms with van der Waals surface area (Å²) in [5, 5.41) is 9.12. The SMILES string of the molecule is CC(C)(CO)CCOC(=O)CCCCC(=O)OCc1ccccc1. The van der Waals surface area contributed by atoms with E-state index in [1.165, 1.54) is 0 Å². The van der Waals surface area contributed by atoms with E-state index in [0.29, 0.717) is 38.7 Å². The summed E-state index contributed by atoms with van der Waals surface area (Å²) in [6.45, 7) is 4.49. The quantitative estimate of drug-likeness (QED) is 0.496. The number of hydrogen-bond acceptors (Lipinski definition) is 5. The molecule has 0 unspecified atom stereocenters. The van der Waals surface area contributed by atoms with Gasteiger partial charge in [0.05, 0.1) is 6.61 Å². The van der Waals surface area contributed by atoms with Crippen LogP contribution in [0, 0.1) is 5.41 Å². The smallest absolute Gasteiger partial charge is 0.306 e. The number of benzene rings is 1. The average Bonchev–Trinajstić information content (AvgIpc) is 2.57. The molecule has 0 fully saturated rings. The number of unbranched alkanes of at least 4 members (excludes halogenated alkanes) is 1. The van der Waals surface area contributed by atoms with Crippen LogP contribution in [0.25, 0.3) is 0 Å². The molecule has 134 valence electrons. The Hall–Kier alpha value is -1.88. The maximum Gasteiger partial charge on any atom is 0.306 e. The molecule has 1 aromatic rings. The number of aliphatic hydroxyl groups excluding tert-OH is 1. The van der Waals surface area contributed by atoms with E-state index in [0.717, 1.165) is 5.56 Å². The van der Waals surface area contributed by atoms with E-state index in [1.807, 2.05) is 44.2 Å². The third-order valence-corrected chi connectivity index (χ3v) is 3.72. The van der Waals surface area contributed by atoms with Crippen LogP contribution in [0.15, 0.2) is 30.3 Å². The summed E-state index contributed by atoms with van der Waals surface area (Å²) in [6, 6.07) is 9.52. The van der Waals surface area contributed by atoms with E-state index in [4.69, 9.17) is 14.6 Å². The minimum Gasteiger partial charge on any atom is -0.466 e. The molecule has 0 aromatic heterocycles. The van der Waals surface area contributed by atoms with Crippen molar-refractivity contribution in [3.63, 3.8) is 0 Å². The van der Waals surface area contributed by atoms with E-state index in [-0.39, 0.29) is 30.6 Å². The van der Waals surface area contributed by atoms with Crippen molar-refractivity contribution in [3.05, 3.63) is 35.9 Å². The molecule has 0 saturated heterocycles. The second-order valence-electron chi connectivity index (χ2n) is 6.65. The van der Waals surface area contributed by atoms with Crippen LogP contribution in [0.3, 0.4) is 0 Å². The largest absolute Gasteiger partial charge is 0.466 e. The van der Waals surface area contributed by atoms with E-state index in [2.05, 4.69) is 0 Å². The predicted molar refractivity (Wildman–Crippen MR) is 91.1 cm³/mol. The molecule has 0 aliphatic heterocycles. The lowest BCUT2D eigenvalue weighted by Crippen LogP contribution is -2.20. The topological polar surface area (TPSA) is 72.8 Å². The fourth-order valence-electron chi connectivity index (χ4n) is 1.94. The summed E-state index contributed by atoms with van der Waals surface area (Å²) >= 11 is 0. The molecule has 0 saturated carbocycles. The van der Waals surface area contributed by atoms with Crippen molar-refractivity contribution in [2.45, 2.75) is 52.6 Å². The monoisotopic (exact) mass is 336 g/mol. The van der Waals surface area contributed by atoms with E-state index < -0.39 is 0 Å². The van der Waals surface area contributed by atoms with Gasteiger partial charge >= 0.3 is 11.9 Å². The van der Waals surface area contributed by atoms with E-state index >= 15 is 0 Å². The van der Waals surface area contributed by atoms with Crippen LogP contribution in [0.5, 0.6) is 0 Å². The predicted octanol–water partition coefficient (Wildman–Crippen LogP) is 3.24. The van der Waals surface area contributed by atoms with Crippen molar-refractivity contribution in [1.29, 1.82) is 0 Å². The first-order chi connectivity index (χ1) is 11.4. The maximum absolute atomic E-state index is 11.6. The molecular weight excluding hydrogens is 308 g/mol. The van der Waals surface area contributed by atoms with Crippen LogP contribution in [-0.2, 0) is 25.7 Å². The first-order valence-corrected chi connectivity index (χ1v) is 8.39. The van der Waals surface area contributed by atoms with Gasteiger partial charge in [0.1, 0.15) is 6.61 Å². The maximum atomic E-state index is 11.6. The molecule has 0 heterocycles. The fourth-order valence-corrected chi connectivity index (χ4v) is 1.94. The Labute approximate surface area is 144 Å². The number of rotatable bonds is 11. The van der Waals surface area contributed by atoms with Crippen LogP contribution in [0.2, 0.25) is 0 Å². The minimum absolute atomic E-state index is 0.0651. The Kier molecular flexibility index (Phi) is 9.08. The van der Waals surface area contributed by atoms with Crippen molar-refractivity contribution in [2.75, 3.05) is 13.2 Å². The van der Waals surface area contributed by atoms with Crippen molar-refractivity contribution in [3.8, 4) is 0 Å². The molecule has 0 aliphatic carbocycles. The highest BCUT2D eigenvalue weighted by molar-refractivity contribution is 5.70. The molecule has 1 N–H and O–H groups in total. The third-order valence-electron chi connectivity index (χ3n) is 3.72. The number of ether oxygens (including phenoxy) is 2. The number of carbonyl (C=O) groups excluding carboxylic acids is 2. The summed E-state index contributed by atoms with van der Waals surface area (Å²) < 4.78 is 10.3. The Morgan fingerprint density at radius 2 is 1.58 bits per heavy atom. The molecule has 5 heteroatoms. The molecule has 0 atom stereocenters. The highest BCUT2D eigenvalue weighted by Crippen LogP contribution is 2.18. The van der Waals surface area contributed by atoms with Crippen molar-refractivity contribution < 1.29 is 24.2 Å². The zero-order valence-electron chi connectivity index (χ0n) is 14.6. The molecule has 0 radical (unpaired) electrons. The van der Waals surface area contributed by atoms with Crippen LogP contribution in [0.4, 0.5) is 0 Å². The highest BCUT2D eigenvalue weighted by atomic mass is 16.5.